The van der Waals surface area contributed by atoms with Crippen molar-refractivity contribution in [3.8, 4) is 5.75 Å². The summed E-state index contributed by atoms with van der Waals surface area (Å²) in [7, 11) is 0. The molecule has 1 saturated heterocycles. The van der Waals surface area contributed by atoms with Gasteiger partial charge in [0.05, 0.1) is 5.56 Å². The molecule has 1 aliphatic heterocycles. The van der Waals surface area contributed by atoms with Gasteiger partial charge < -0.3 is 20.5 Å². The van der Waals surface area contributed by atoms with Crippen LogP contribution in [0, 0.1) is 6.92 Å². The molecule has 4 amide bonds. The first-order valence-corrected chi connectivity index (χ1v) is 11.0. The summed E-state index contributed by atoms with van der Waals surface area (Å²) < 4.78 is 5.72. The van der Waals surface area contributed by atoms with Gasteiger partial charge in [-0.1, -0.05) is 36.4 Å². The Labute approximate surface area is 207 Å². The summed E-state index contributed by atoms with van der Waals surface area (Å²) in [6.07, 6.45) is 1.52. The van der Waals surface area contributed by atoms with Gasteiger partial charge in [-0.15, -0.1) is 0 Å². The number of carbonyl (C=O) groups is 4. The molecular weight excluding hydrogens is 462 g/mol. The van der Waals surface area contributed by atoms with Gasteiger partial charge in [-0.25, -0.2) is 14.5 Å². The summed E-state index contributed by atoms with van der Waals surface area (Å²) in [6, 6.07) is 19.8. The number of nitrogens with zero attached hydrogens (tertiary/aromatic N) is 1. The first-order valence-electron chi connectivity index (χ1n) is 11.0. The zero-order valence-electron chi connectivity index (χ0n) is 19.4. The van der Waals surface area contributed by atoms with Gasteiger partial charge in [0.15, 0.2) is 0 Å². The summed E-state index contributed by atoms with van der Waals surface area (Å²) in [5, 5.41) is 14.1. The average molecular weight is 485 g/mol. The van der Waals surface area contributed by atoms with Crippen LogP contribution in [0.5, 0.6) is 5.75 Å². The fourth-order valence-electron chi connectivity index (χ4n) is 3.52. The van der Waals surface area contributed by atoms with Gasteiger partial charge in [-0.3, -0.25) is 9.59 Å². The van der Waals surface area contributed by atoms with Crippen molar-refractivity contribution in [2.24, 2.45) is 0 Å². The van der Waals surface area contributed by atoms with Crippen molar-refractivity contribution in [3.63, 3.8) is 0 Å². The molecule has 0 spiro atoms. The minimum Gasteiger partial charge on any atom is -0.489 e. The average Bonchev–Trinajstić information content (AvgIpc) is 3.11. The number of imide groups is 1. The Morgan fingerprint density at radius 1 is 1.03 bits per heavy atom. The third kappa shape index (κ3) is 5.95. The SMILES string of the molecule is Cc1cccc(NC(=O)CN2C(=O)N/C(=C\c3ccc(OCc4ccc(C(=O)O)cc4)cc3)C2=O)c1. The second-order valence-electron chi connectivity index (χ2n) is 8.16. The molecule has 1 aliphatic rings. The minimum atomic E-state index is -0.988. The highest BCUT2D eigenvalue weighted by Gasteiger charge is 2.34. The Bertz CT molecular complexity index is 1350. The number of nitrogens with one attached hydrogen (secondary N) is 2. The Balaban J connectivity index is 1.34. The van der Waals surface area contributed by atoms with Crippen LogP contribution >= 0.6 is 0 Å². The molecule has 36 heavy (non-hydrogen) atoms. The maximum Gasteiger partial charge on any atom is 0.335 e. The summed E-state index contributed by atoms with van der Waals surface area (Å²) >= 11 is 0. The van der Waals surface area contributed by atoms with Crippen molar-refractivity contribution in [2.45, 2.75) is 13.5 Å². The van der Waals surface area contributed by atoms with Gasteiger partial charge in [0.1, 0.15) is 24.6 Å². The zero-order valence-corrected chi connectivity index (χ0v) is 19.4. The highest BCUT2D eigenvalue weighted by atomic mass is 16.5. The van der Waals surface area contributed by atoms with Crippen molar-refractivity contribution in [1.29, 1.82) is 0 Å². The van der Waals surface area contributed by atoms with Crippen LogP contribution in [0.3, 0.4) is 0 Å². The van der Waals surface area contributed by atoms with E-state index in [0.29, 0.717) is 17.0 Å². The van der Waals surface area contributed by atoms with Gasteiger partial charge in [0.25, 0.3) is 5.91 Å². The Morgan fingerprint density at radius 2 is 1.75 bits per heavy atom. The lowest BCUT2D eigenvalue weighted by Crippen LogP contribution is -2.38. The van der Waals surface area contributed by atoms with E-state index < -0.39 is 30.4 Å². The van der Waals surface area contributed by atoms with Crippen LogP contribution in [-0.4, -0.2) is 40.4 Å². The molecule has 1 heterocycles. The molecule has 3 aromatic carbocycles. The summed E-state index contributed by atoms with van der Waals surface area (Å²) in [5.74, 6) is -1.48. The van der Waals surface area contributed by atoms with Gasteiger partial charge in [0, 0.05) is 5.69 Å². The lowest BCUT2D eigenvalue weighted by atomic mass is 10.1. The lowest BCUT2D eigenvalue weighted by Gasteiger charge is -2.12. The normalized spacial score (nSPS) is 14.0. The third-order valence-corrected chi connectivity index (χ3v) is 5.36. The first kappa shape index (κ1) is 24.2. The van der Waals surface area contributed by atoms with E-state index in [-0.39, 0.29) is 17.9 Å². The Morgan fingerprint density at radius 3 is 2.42 bits per heavy atom. The van der Waals surface area contributed by atoms with Crippen molar-refractivity contribution in [1.82, 2.24) is 10.2 Å². The zero-order chi connectivity index (χ0) is 25.7. The number of amides is 4. The number of rotatable bonds is 8. The van der Waals surface area contributed by atoms with Crippen LogP contribution in [0.1, 0.15) is 27.0 Å². The van der Waals surface area contributed by atoms with Crippen LogP contribution in [0.15, 0.2) is 78.5 Å². The van der Waals surface area contributed by atoms with Crippen LogP contribution in [0.2, 0.25) is 0 Å². The molecule has 0 aromatic heterocycles. The molecule has 9 nitrogen and oxygen atoms in total. The second-order valence-corrected chi connectivity index (χ2v) is 8.16. The van der Waals surface area contributed by atoms with E-state index >= 15 is 0 Å². The van der Waals surface area contributed by atoms with E-state index in [1.54, 1.807) is 54.6 Å². The Kier molecular flexibility index (Phi) is 7.10. The van der Waals surface area contributed by atoms with Gasteiger partial charge >= 0.3 is 12.0 Å². The first-order chi connectivity index (χ1) is 17.3. The number of hydrogen-bond donors (Lipinski definition) is 3. The molecule has 1 fully saturated rings. The monoisotopic (exact) mass is 485 g/mol. The fraction of sp³-hybridized carbons (Fsp3) is 0.111. The molecule has 4 rings (SSSR count). The van der Waals surface area contributed by atoms with E-state index in [1.807, 2.05) is 13.0 Å². The number of anilines is 1. The molecule has 0 atom stereocenters. The molecule has 0 radical (unpaired) electrons. The number of benzene rings is 3. The van der Waals surface area contributed by atoms with Crippen molar-refractivity contribution in [3.05, 3.63) is 101 Å². The van der Waals surface area contributed by atoms with Gasteiger partial charge in [-0.05, 0) is 66.1 Å². The van der Waals surface area contributed by atoms with Gasteiger partial charge in [-0.2, -0.15) is 0 Å². The summed E-state index contributed by atoms with van der Waals surface area (Å²) in [6.45, 7) is 1.75. The maximum atomic E-state index is 12.7. The number of aromatic carboxylic acids is 1. The predicted molar refractivity (Wildman–Crippen MR) is 132 cm³/mol. The highest BCUT2D eigenvalue weighted by Crippen LogP contribution is 2.19. The molecule has 0 aliphatic carbocycles. The third-order valence-electron chi connectivity index (χ3n) is 5.36. The molecule has 0 unspecified atom stereocenters. The fourth-order valence-corrected chi connectivity index (χ4v) is 3.52. The molecule has 0 bridgehead atoms. The van der Waals surface area contributed by atoms with Crippen molar-refractivity contribution in [2.75, 3.05) is 11.9 Å². The standard InChI is InChI=1S/C27H23N3O6/c1-17-3-2-4-21(13-17)28-24(31)15-30-25(32)23(29-27(30)35)14-18-7-11-22(12-8-18)36-16-19-5-9-20(10-6-19)26(33)34/h2-14H,15-16H2,1H3,(H,28,31)(H,29,35)(H,33,34)/b23-14-. The van der Waals surface area contributed by atoms with E-state index in [2.05, 4.69) is 10.6 Å². The molecular formula is C27H23N3O6. The predicted octanol–water partition coefficient (Wildman–Crippen LogP) is 3.80. The lowest BCUT2D eigenvalue weighted by molar-refractivity contribution is -0.127. The number of carboxylic acids is 1. The Hall–Kier alpha value is -4.92. The molecule has 3 N–H and O–H groups in total. The summed E-state index contributed by atoms with van der Waals surface area (Å²) in [4.78, 5) is 49.1. The van der Waals surface area contributed by atoms with Crippen molar-refractivity contribution >= 4 is 35.6 Å². The van der Waals surface area contributed by atoms with Crippen LogP contribution in [-0.2, 0) is 16.2 Å². The van der Waals surface area contributed by atoms with Crippen LogP contribution in [0.4, 0.5) is 10.5 Å². The number of ether oxygens (including phenoxy) is 1. The minimum absolute atomic E-state index is 0.0653. The highest BCUT2D eigenvalue weighted by molar-refractivity contribution is 6.15. The summed E-state index contributed by atoms with van der Waals surface area (Å²) in [5.41, 5.74) is 3.30. The van der Waals surface area contributed by atoms with Crippen LogP contribution < -0.4 is 15.4 Å². The quantitative estimate of drug-likeness (QED) is 0.329. The topological polar surface area (TPSA) is 125 Å². The molecule has 0 saturated carbocycles. The second kappa shape index (κ2) is 10.6. The number of aryl methyl sites for hydroxylation is 1. The van der Waals surface area contributed by atoms with Crippen molar-refractivity contribution < 1.29 is 29.0 Å². The van der Waals surface area contributed by atoms with E-state index in [1.165, 1.54) is 18.2 Å². The number of carbonyl (C=O) groups excluding carboxylic acids is 3. The molecule has 182 valence electrons. The van der Waals surface area contributed by atoms with Crippen LogP contribution in [0.25, 0.3) is 6.08 Å². The van der Waals surface area contributed by atoms with E-state index in [0.717, 1.165) is 16.0 Å². The largest absolute Gasteiger partial charge is 0.489 e. The molecule has 3 aromatic rings. The number of hydrogen-bond acceptors (Lipinski definition) is 5. The molecule has 9 heteroatoms. The van der Waals surface area contributed by atoms with E-state index in [4.69, 9.17) is 9.84 Å². The number of carboxylic acid groups (broad SMARTS) is 1. The van der Waals surface area contributed by atoms with E-state index in [9.17, 15) is 19.2 Å². The van der Waals surface area contributed by atoms with Gasteiger partial charge in [0.2, 0.25) is 5.91 Å². The maximum absolute atomic E-state index is 12.7. The number of urea groups is 1. The smallest absolute Gasteiger partial charge is 0.335 e.